The molecular weight excluding hydrogens is 330 g/mol. The summed E-state index contributed by atoms with van der Waals surface area (Å²) in [5, 5.41) is 3.41. The second-order valence-electron chi connectivity index (χ2n) is 5.36. The molecule has 0 radical (unpaired) electrons. The Labute approximate surface area is 133 Å². The van der Waals surface area contributed by atoms with Gasteiger partial charge in [0.05, 0.1) is 18.3 Å². The molecule has 0 saturated carbocycles. The van der Waals surface area contributed by atoms with E-state index in [1.54, 1.807) is 0 Å². The number of hydrogen-bond donors (Lipinski definition) is 1. The number of hydrogen-bond acceptors (Lipinski definition) is 3. The van der Waals surface area contributed by atoms with E-state index in [0.29, 0.717) is 0 Å². The van der Waals surface area contributed by atoms with Crippen LogP contribution in [0.15, 0.2) is 46.9 Å². The van der Waals surface area contributed by atoms with Crippen molar-refractivity contribution in [3.8, 4) is 11.5 Å². The first-order valence-electron chi connectivity index (χ1n) is 7.08. The average molecular weight is 348 g/mol. The molecule has 3 nitrogen and oxygen atoms in total. The van der Waals surface area contributed by atoms with Crippen molar-refractivity contribution in [2.24, 2.45) is 0 Å². The van der Waals surface area contributed by atoms with Crippen molar-refractivity contribution < 1.29 is 9.47 Å². The Kier molecular flexibility index (Phi) is 4.06. The van der Waals surface area contributed by atoms with Crippen molar-refractivity contribution in [2.45, 2.75) is 26.1 Å². The summed E-state index contributed by atoms with van der Waals surface area (Å²) in [5.74, 6) is 1.78. The molecule has 0 amide bonds. The number of nitrogens with one attached hydrogen (secondary N) is 1. The Morgan fingerprint density at radius 3 is 2.67 bits per heavy atom. The van der Waals surface area contributed by atoms with Gasteiger partial charge in [-0.1, -0.05) is 28.1 Å². The molecule has 0 bridgehead atoms. The maximum Gasteiger partial charge on any atom is 0.143 e. The summed E-state index contributed by atoms with van der Waals surface area (Å²) in [6, 6.07) is 14.1. The van der Waals surface area contributed by atoms with Gasteiger partial charge in [-0.25, -0.2) is 0 Å². The van der Waals surface area contributed by atoms with Gasteiger partial charge in [-0.2, -0.15) is 0 Å². The summed E-state index contributed by atoms with van der Waals surface area (Å²) in [4.78, 5) is 0. The normalized spacial score (nSPS) is 16.9. The second kappa shape index (κ2) is 5.98. The van der Waals surface area contributed by atoms with Crippen molar-refractivity contribution in [3.63, 3.8) is 0 Å². The summed E-state index contributed by atoms with van der Waals surface area (Å²) >= 11 is 3.47. The van der Waals surface area contributed by atoms with Gasteiger partial charge in [0.15, 0.2) is 0 Å². The van der Waals surface area contributed by atoms with Crippen LogP contribution in [0.2, 0.25) is 0 Å². The van der Waals surface area contributed by atoms with E-state index in [9.17, 15) is 0 Å². The van der Waals surface area contributed by atoms with Crippen molar-refractivity contribution in [1.82, 2.24) is 0 Å². The van der Waals surface area contributed by atoms with E-state index in [0.717, 1.165) is 33.8 Å². The molecule has 0 saturated heterocycles. The summed E-state index contributed by atoms with van der Waals surface area (Å²) in [6.07, 6.45) is 0.209. The van der Waals surface area contributed by atoms with Crippen LogP contribution in [0.25, 0.3) is 0 Å². The van der Waals surface area contributed by atoms with E-state index in [1.165, 1.54) is 0 Å². The SMILES string of the molecule is CC(C)Oc1ccc(C2CNc3cc(Br)ccc3O2)cc1. The molecule has 1 aliphatic rings. The monoisotopic (exact) mass is 347 g/mol. The highest BCUT2D eigenvalue weighted by atomic mass is 79.9. The van der Waals surface area contributed by atoms with Gasteiger partial charge in [-0.15, -0.1) is 0 Å². The molecular formula is C17H18BrNO2. The van der Waals surface area contributed by atoms with Gasteiger partial charge < -0.3 is 14.8 Å². The summed E-state index contributed by atoms with van der Waals surface area (Å²) in [7, 11) is 0. The van der Waals surface area contributed by atoms with Crippen LogP contribution in [0.5, 0.6) is 11.5 Å². The molecule has 0 fully saturated rings. The number of fused-ring (bicyclic) bond motifs is 1. The van der Waals surface area contributed by atoms with Crippen LogP contribution in [0.3, 0.4) is 0 Å². The Hall–Kier alpha value is -1.68. The van der Waals surface area contributed by atoms with Crippen LogP contribution in [0.4, 0.5) is 5.69 Å². The first kappa shape index (κ1) is 14.3. The van der Waals surface area contributed by atoms with E-state index in [2.05, 4.69) is 33.4 Å². The van der Waals surface area contributed by atoms with E-state index in [1.807, 2.05) is 44.2 Å². The zero-order valence-corrected chi connectivity index (χ0v) is 13.7. The molecule has 110 valence electrons. The molecule has 0 aliphatic carbocycles. The number of anilines is 1. The Morgan fingerprint density at radius 2 is 1.95 bits per heavy atom. The molecule has 0 aromatic heterocycles. The Balaban J connectivity index is 1.75. The minimum absolute atomic E-state index is 0.0202. The lowest BCUT2D eigenvalue weighted by Gasteiger charge is -2.28. The summed E-state index contributed by atoms with van der Waals surface area (Å²) in [5.41, 5.74) is 2.17. The van der Waals surface area contributed by atoms with E-state index in [4.69, 9.17) is 9.47 Å². The van der Waals surface area contributed by atoms with Crippen molar-refractivity contribution in [1.29, 1.82) is 0 Å². The first-order chi connectivity index (χ1) is 10.1. The van der Waals surface area contributed by atoms with Crippen LogP contribution in [-0.4, -0.2) is 12.6 Å². The molecule has 2 aromatic carbocycles. The molecule has 1 atom stereocenters. The van der Waals surface area contributed by atoms with E-state index < -0.39 is 0 Å². The average Bonchev–Trinajstić information content (AvgIpc) is 2.47. The van der Waals surface area contributed by atoms with Crippen molar-refractivity contribution >= 4 is 21.6 Å². The third-order valence-corrected chi connectivity index (χ3v) is 3.81. The van der Waals surface area contributed by atoms with Gasteiger partial charge in [0.1, 0.15) is 17.6 Å². The molecule has 1 unspecified atom stereocenters. The molecule has 21 heavy (non-hydrogen) atoms. The fourth-order valence-corrected chi connectivity index (χ4v) is 2.72. The molecule has 1 N–H and O–H groups in total. The van der Waals surface area contributed by atoms with Gasteiger partial charge in [-0.3, -0.25) is 0 Å². The largest absolute Gasteiger partial charge is 0.491 e. The zero-order valence-electron chi connectivity index (χ0n) is 12.1. The molecule has 4 heteroatoms. The second-order valence-corrected chi connectivity index (χ2v) is 6.28. The van der Waals surface area contributed by atoms with Crippen LogP contribution in [0.1, 0.15) is 25.5 Å². The smallest absolute Gasteiger partial charge is 0.143 e. The van der Waals surface area contributed by atoms with Gasteiger partial charge in [-0.05, 0) is 49.7 Å². The van der Waals surface area contributed by atoms with Gasteiger partial charge in [0, 0.05) is 4.47 Å². The quantitative estimate of drug-likeness (QED) is 0.866. The van der Waals surface area contributed by atoms with E-state index >= 15 is 0 Å². The van der Waals surface area contributed by atoms with Gasteiger partial charge in [0.25, 0.3) is 0 Å². The lowest BCUT2D eigenvalue weighted by molar-refractivity contribution is 0.210. The van der Waals surface area contributed by atoms with E-state index in [-0.39, 0.29) is 12.2 Å². The maximum absolute atomic E-state index is 6.07. The highest BCUT2D eigenvalue weighted by Crippen LogP contribution is 2.36. The lowest BCUT2D eigenvalue weighted by Crippen LogP contribution is -2.23. The van der Waals surface area contributed by atoms with Crippen LogP contribution >= 0.6 is 15.9 Å². The molecule has 2 aromatic rings. The topological polar surface area (TPSA) is 30.5 Å². The number of rotatable bonds is 3. The predicted molar refractivity (Wildman–Crippen MR) is 88.2 cm³/mol. The fraction of sp³-hybridized carbons (Fsp3) is 0.294. The van der Waals surface area contributed by atoms with Crippen molar-refractivity contribution in [3.05, 3.63) is 52.5 Å². The number of ether oxygens (including phenoxy) is 2. The number of benzene rings is 2. The number of halogens is 1. The third-order valence-electron chi connectivity index (χ3n) is 3.31. The predicted octanol–water partition coefficient (Wildman–Crippen LogP) is 4.78. The van der Waals surface area contributed by atoms with Crippen LogP contribution in [0, 0.1) is 0 Å². The first-order valence-corrected chi connectivity index (χ1v) is 7.88. The van der Waals surface area contributed by atoms with Crippen LogP contribution in [-0.2, 0) is 0 Å². The molecule has 1 heterocycles. The van der Waals surface area contributed by atoms with Gasteiger partial charge >= 0.3 is 0 Å². The maximum atomic E-state index is 6.07. The highest BCUT2D eigenvalue weighted by Gasteiger charge is 2.21. The highest BCUT2D eigenvalue weighted by molar-refractivity contribution is 9.10. The molecule has 1 aliphatic heterocycles. The van der Waals surface area contributed by atoms with Gasteiger partial charge in [0.2, 0.25) is 0 Å². The standard InChI is InChI=1S/C17H18BrNO2/c1-11(2)20-14-6-3-12(4-7-14)17-10-19-15-9-13(18)5-8-16(15)21-17/h3-9,11,17,19H,10H2,1-2H3. The van der Waals surface area contributed by atoms with Crippen LogP contribution < -0.4 is 14.8 Å². The zero-order chi connectivity index (χ0) is 14.8. The third kappa shape index (κ3) is 3.32. The molecule has 3 rings (SSSR count). The lowest BCUT2D eigenvalue weighted by atomic mass is 10.1. The van der Waals surface area contributed by atoms with Crippen molar-refractivity contribution in [2.75, 3.05) is 11.9 Å². The fourth-order valence-electron chi connectivity index (χ4n) is 2.36. The minimum Gasteiger partial charge on any atom is -0.491 e. The molecule has 0 spiro atoms. The Morgan fingerprint density at radius 1 is 1.19 bits per heavy atom. The summed E-state index contributed by atoms with van der Waals surface area (Å²) in [6.45, 7) is 4.81. The Bertz CT molecular complexity index is 625. The summed E-state index contributed by atoms with van der Waals surface area (Å²) < 4.78 is 12.8. The minimum atomic E-state index is 0.0202.